The molecule has 46 valence electrons. The summed E-state index contributed by atoms with van der Waals surface area (Å²) in [6.07, 6.45) is 4.59. The Bertz CT molecular complexity index is 94.6. The van der Waals surface area contributed by atoms with E-state index in [4.69, 9.17) is 4.74 Å². The van der Waals surface area contributed by atoms with Crippen LogP contribution < -0.4 is 0 Å². The fourth-order valence-electron chi connectivity index (χ4n) is 0.827. The standard InChI is InChI=1S/C7H12O/c1-6(2)7-4-3-5-8-7/h3-4,6-7H,5H2,1-2H3/t7-/m1/s1. The van der Waals surface area contributed by atoms with Crippen LogP contribution in [-0.4, -0.2) is 12.7 Å². The Balaban J connectivity index is 2.36. The van der Waals surface area contributed by atoms with Crippen molar-refractivity contribution < 1.29 is 4.74 Å². The highest BCUT2D eigenvalue weighted by Crippen LogP contribution is 2.12. The zero-order valence-electron chi connectivity index (χ0n) is 5.42. The number of ether oxygens (including phenoxy) is 1. The summed E-state index contributed by atoms with van der Waals surface area (Å²) >= 11 is 0. The second kappa shape index (κ2) is 2.31. The molecule has 0 aromatic rings. The third kappa shape index (κ3) is 1.10. The van der Waals surface area contributed by atoms with Crippen LogP contribution in [0.3, 0.4) is 0 Å². The summed E-state index contributed by atoms with van der Waals surface area (Å²) in [7, 11) is 0. The SMILES string of the molecule is CC(C)[C@H]1C=CCO1. The molecular formula is C7H12O. The molecule has 0 spiro atoms. The van der Waals surface area contributed by atoms with E-state index in [1.807, 2.05) is 0 Å². The van der Waals surface area contributed by atoms with E-state index in [0.717, 1.165) is 6.61 Å². The van der Waals surface area contributed by atoms with Gasteiger partial charge in [0.2, 0.25) is 0 Å². The molecule has 1 nitrogen and oxygen atoms in total. The Morgan fingerprint density at radius 1 is 1.62 bits per heavy atom. The Hall–Kier alpha value is -0.300. The number of hydrogen-bond donors (Lipinski definition) is 0. The van der Waals surface area contributed by atoms with Crippen LogP contribution in [0.4, 0.5) is 0 Å². The lowest BCUT2D eigenvalue weighted by atomic mass is 10.1. The first-order valence-corrected chi connectivity index (χ1v) is 3.09. The van der Waals surface area contributed by atoms with E-state index in [1.54, 1.807) is 0 Å². The number of rotatable bonds is 1. The molecule has 0 aromatic carbocycles. The summed E-state index contributed by atoms with van der Waals surface area (Å²) < 4.78 is 5.30. The zero-order chi connectivity index (χ0) is 5.98. The topological polar surface area (TPSA) is 9.23 Å². The van der Waals surface area contributed by atoms with Gasteiger partial charge in [-0.15, -0.1) is 0 Å². The van der Waals surface area contributed by atoms with Crippen molar-refractivity contribution >= 4 is 0 Å². The van der Waals surface area contributed by atoms with Gasteiger partial charge in [0.1, 0.15) is 0 Å². The largest absolute Gasteiger partial charge is 0.370 e. The molecule has 0 bridgehead atoms. The normalized spacial score (nSPS) is 27.6. The van der Waals surface area contributed by atoms with Crippen molar-refractivity contribution in [3.8, 4) is 0 Å². The molecule has 0 radical (unpaired) electrons. The zero-order valence-corrected chi connectivity index (χ0v) is 5.42. The van der Waals surface area contributed by atoms with E-state index in [-0.39, 0.29) is 0 Å². The molecule has 1 aliphatic heterocycles. The molecule has 1 heterocycles. The van der Waals surface area contributed by atoms with Gasteiger partial charge in [-0.25, -0.2) is 0 Å². The predicted molar refractivity (Wildman–Crippen MR) is 33.7 cm³/mol. The van der Waals surface area contributed by atoms with Gasteiger partial charge in [0.05, 0.1) is 12.7 Å². The van der Waals surface area contributed by atoms with Crippen molar-refractivity contribution in [2.45, 2.75) is 20.0 Å². The summed E-state index contributed by atoms with van der Waals surface area (Å²) in [5, 5.41) is 0. The lowest BCUT2D eigenvalue weighted by Gasteiger charge is -2.10. The van der Waals surface area contributed by atoms with Crippen LogP contribution in [0.1, 0.15) is 13.8 Å². The maximum absolute atomic E-state index is 5.30. The Labute approximate surface area is 50.3 Å². The molecule has 8 heavy (non-hydrogen) atoms. The molecular weight excluding hydrogens is 100 g/mol. The van der Waals surface area contributed by atoms with E-state index in [1.165, 1.54) is 0 Å². The second-order valence-corrected chi connectivity index (χ2v) is 2.47. The maximum atomic E-state index is 5.30. The molecule has 0 amide bonds. The van der Waals surface area contributed by atoms with Crippen molar-refractivity contribution in [3.63, 3.8) is 0 Å². The maximum Gasteiger partial charge on any atom is 0.0783 e. The highest BCUT2D eigenvalue weighted by Gasteiger charge is 2.12. The first-order chi connectivity index (χ1) is 3.80. The van der Waals surface area contributed by atoms with E-state index >= 15 is 0 Å². The van der Waals surface area contributed by atoms with Crippen molar-refractivity contribution in [2.75, 3.05) is 6.61 Å². The number of hydrogen-bond acceptors (Lipinski definition) is 1. The molecule has 1 heteroatoms. The van der Waals surface area contributed by atoms with Crippen molar-refractivity contribution in [1.82, 2.24) is 0 Å². The summed E-state index contributed by atoms with van der Waals surface area (Å²) in [5.74, 6) is 0.633. The van der Waals surface area contributed by atoms with Crippen molar-refractivity contribution in [1.29, 1.82) is 0 Å². The molecule has 1 aliphatic rings. The summed E-state index contributed by atoms with van der Waals surface area (Å²) in [6.45, 7) is 5.14. The average molecular weight is 112 g/mol. The predicted octanol–water partition coefficient (Wildman–Crippen LogP) is 1.60. The van der Waals surface area contributed by atoms with Crippen LogP contribution in [0, 0.1) is 5.92 Å². The van der Waals surface area contributed by atoms with Crippen molar-refractivity contribution in [3.05, 3.63) is 12.2 Å². The van der Waals surface area contributed by atoms with Gasteiger partial charge in [0.15, 0.2) is 0 Å². The van der Waals surface area contributed by atoms with Gasteiger partial charge in [0, 0.05) is 0 Å². The van der Waals surface area contributed by atoms with Gasteiger partial charge in [0.25, 0.3) is 0 Å². The molecule has 0 fully saturated rings. The second-order valence-electron chi connectivity index (χ2n) is 2.47. The van der Waals surface area contributed by atoms with Crippen LogP contribution in [0.2, 0.25) is 0 Å². The van der Waals surface area contributed by atoms with E-state index in [2.05, 4.69) is 26.0 Å². The third-order valence-electron chi connectivity index (χ3n) is 1.37. The quantitative estimate of drug-likeness (QED) is 0.468. The van der Waals surface area contributed by atoms with Crippen LogP contribution in [0.15, 0.2) is 12.2 Å². The Morgan fingerprint density at radius 3 is 2.62 bits per heavy atom. The average Bonchev–Trinajstić information content (AvgIpc) is 2.12. The molecule has 1 rings (SSSR count). The van der Waals surface area contributed by atoms with Gasteiger partial charge in [-0.05, 0) is 5.92 Å². The molecule has 0 N–H and O–H groups in total. The molecule has 0 aliphatic carbocycles. The molecule has 0 aromatic heterocycles. The summed E-state index contributed by atoms with van der Waals surface area (Å²) in [4.78, 5) is 0. The lowest BCUT2D eigenvalue weighted by molar-refractivity contribution is 0.0936. The molecule has 0 saturated heterocycles. The highest BCUT2D eigenvalue weighted by molar-refractivity contribution is 4.96. The van der Waals surface area contributed by atoms with Crippen LogP contribution in [0.25, 0.3) is 0 Å². The van der Waals surface area contributed by atoms with E-state index < -0.39 is 0 Å². The van der Waals surface area contributed by atoms with Gasteiger partial charge in [-0.2, -0.15) is 0 Å². The monoisotopic (exact) mass is 112 g/mol. The fraction of sp³-hybridized carbons (Fsp3) is 0.714. The first-order valence-electron chi connectivity index (χ1n) is 3.09. The summed E-state index contributed by atoms with van der Waals surface area (Å²) in [6, 6.07) is 0. The third-order valence-corrected chi connectivity index (χ3v) is 1.37. The van der Waals surface area contributed by atoms with Gasteiger partial charge < -0.3 is 4.74 Å². The van der Waals surface area contributed by atoms with Crippen LogP contribution in [0.5, 0.6) is 0 Å². The lowest BCUT2D eigenvalue weighted by Crippen LogP contribution is -2.11. The fourth-order valence-corrected chi connectivity index (χ4v) is 0.827. The van der Waals surface area contributed by atoms with Gasteiger partial charge in [-0.3, -0.25) is 0 Å². The van der Waals surface area contributed by atoms with Crippen LogP contribution in [-0.2, 0) is 4.74 Å². The highest BCUT2D eigenvalue weighted by atomic mass is 16.5. The smallest absolute Gasteiger partial charge is 0.0783 e. The molecule has 0 unspecified atom stereocenters. The van der Waals surface area contributed by atoms with E-state index in [9.17, 15) is 0 Å². The van der Waals surface area contributed by atoms with Gasteiger partial charge >= 0.3 is 0 Å². The molecule has 0 saturated carbocycles. The van der Waals surface area contributed by atoms with Crippen molar-refractivity contribution in [2.24, 2.45) is 5.92 Å². The van der Waals surface area contributed by atoms with Gasteiger partial charge in [-0.1, -0.05) is 26.0 Å². The Morgan fingerprint density at radius 2 is 2.38 bits per heavy atom. The first kappa shape index (κ1) is 5.83. The summed E-state index contributed by atoms with van der Waals surface area (Å²) in [5.41, 5.74) is 0. The Kier molecular flexibility index (Phi) is 1.69. The minimum atomic E-state index is 0.384. The van der Waals surface area contributed by atoms with Crippen LogP contribution >= 0.6 is 0 Å². The minimum absolute atomic E-state index is 0.384. The van der Waals surface area contributed by atoms with E-state index in [0.29, 0.717) is 12.0 Å². The molecule has 1 atom stereocenters. The minimum Gasteiger partial charge on any atom is -0.370 e.